The number of nitrogens with zero attached hydrogens (tertiary/aromatic N) is 1. The Bertz CT molecular complexity index is 1510. The van der Waals surface area contributed by atoms with E-state index in [0.29, 0.717) is 11.4 Å². The van der Waals surface area contributed by atoms with Crippen LogP contribution in [-0.2, 0) is 16.4 Å². The Balaban J connectivity index is 1.49. The van der Waals surface area contributed by atoms with Crippen LogP contribution in [0, 0.1) is 0 Å². The number of halogens is 1. The zero-order valence-electron chi connectivity index (χ0n) is 20.1. The first-order valence-corrected chi connectivity index (χ1v) is 14.3. The summed E-state index contributed by atoms with van der Waals surface area (Å²) < 4.78 is 34.1. The van der Waals surface area contributed by atoms with Crippen LogP contribution in [0.2, 0.25) is 5.02 Å². The average Bonchev–Trinajstić information content (AvgIpc) is 2.91. The van der Waals surface area contributed by atoms with Crippen molar-refractivity contribution in [1.82, 2.24) is 0 Å². The third-order valence-corrected chi connectivity index (χ3v) is 8.57. The lowest BCUT2D eigenvalue weighted by atomic mass is 9.97. The molecule has 0 aliphatic carbocycles. The summed E-state index contributed by atoms with van der Waals surface area (Å²) in [6, 6.07) is 28.2. The summed E-state index contributed by atoms with van der Waals surface area (Å²) in [5, 5.41) is 3.69. The number of methoxy groups -OCH3 is 1. The number of hydrogen-bond donors (Lipinski definition) is 2. The topological polar surface area (TPSA) is 93.8 Å². The van der Waals surface area contributed by atoms with E-state index in [4.69, 9.17) is 22.2 Å². The molecule has 37 heavy (non-hydrogen) atoms. The summed E-state index contributed by atoms with van der Waals surface area (Å²) >= 11 is 7.78. The Morgan fingerprint density at radius 3 is 2.49 bits per heavy atom. The van der Waals surface area contributed by atoms with E-state index in [1.54, 1.807) is 36.2 Å². The van der Waals surface area contributed by atoms with Gasteiger partial charge >= 0.3 is 0 Å². The van der Waals surface area contributed by atoms with Gasteiger partial charge in [-0.2, -0.15) is 5.10 Å². The molecule has 0 bridgehead atoms. The summed E-state index contributed by atoms with van der Waals surface area (Å²) in [4.78, 5) is 0.791. The molecule has 0 heterocycles. The zero-order valence-corrected chi connectivity index (χ0v) is 22.5. The number of ether oxygens (including phenoxy) is 1. The molecule has 0 saturated carbocycles. The van der Waals surface area contributed by atoms with Gasteiger partial charge in [0.1, 0.15) is 10.6 Å². The van der Waals surface area contributed by atoms with Crippen LogP contribution >= 0.6 is 23.4 Å². The van der Waals surface area contributed by atoms with Crippen molar-refractivity contribution in [3.05, 3.63) is 107 Å². The first-order valence-electron chi connectivity index (χ1n) is 11.4. The van der Waals surface area contributed by atoms with Crippen molar-refractivity contribution < 1.29 is 13.2 Å². The molecule has 0 aliphatic heterocycles. The van der Waals surface area contributed by atoms with Gasteiger partial charge < -0.3 is 10.6 Å². The molecule has 0 aliphatic rings. The second kappa shape index (κ2) is 12.2. The molecule has 4 rings (SSSR count). The number of anilines is 1. The number of sulfonamides is 1. The SMILES string of the molecule is COc1ccc(Cl)c(S(=O)(=O)Nc2ccccc2SCCc2ccccc2-c2ccc(C=NN)cc2)c1. The van der Waals surface area contributed by atoms with E-state index in [1.165, 1.54) is 24.8 Å². The summed E-state index contributed by atoms with van der Waals surface area (Å²) in [5.74, 6) is 6.42. The Morgan fingerprint density at radius 2 is 1.73 bits per heavy atom. The van der Waals surface area contributed by atoms with Crippen molar-refractivity contribution in [2.24, 2.45) is 10.9 Å². The molecule has 190 valence electrons. The van der Waals surface area contributed by atoms with E-state index in [0.717, 1.165) is 33.8 Å². The van der Waals surface area contributed by atoms with Crippen LogP contribution in [0.1, 0.15) is 11.1 Å². The molecule has 0 spiro atoms. The minimum atomic E-state index is -3.92. The average molecular weight is 552 g/mol. The predicted molar refractivity (Wildman–Crippen MR) is 153 cm³/mol. The third-order valence-electron chi connectivity index (χ3n) is 5.65. The maximum absolute atomic E-state index is 13.1. The summed E-state index contributed by atoms with van der Waals surface area (Å²) in [6.07, 6.45) is 2.41. The number of aryl methyl sites for hydroxylation is 1. The Labute approximate surface area is 226 Å². The molecule has 4 aromatic rings. The second-order valence-corrected chi connectivity index (χ2v) is 11.2. The van der Waals surface area contributed by atoms with Crippen molar-refractivity contribution in [2.75, 3.05) is 17.6 Å². The highest BCUT2D eigenvalue weighted by Crippen LogP contribution is 2.33. The van der Waals surface area contributed by atoms with Gasteiger partial charge in [-0.3, -0.25) is 4.72 Å². The van der Waals surface area contributed by atoms with Crippen LogP contribution in [0.3, 0.4) is 0 Å². The van der Waals surface area contributed by atoms with Gasteiger partial charge in [0, 0.05) is 16.7 Å². The van der Waals surface area contributed by atoms with Gasteiger partial charge in [-0.15, -0.1) is 11.8 Å². The van der Waals surface area contributed by atoms with E-state index in [1.807, 2.05) is 36.4 Å². The number of hydrazone groups is 1. The van der Waals surface area contributed by atoms with Gasteiger partial charge in [0.25, 0.3) is 10.0 Å². The van der Waals surface area contributed by atoms with E-state index < -0.39 is 10.0 Å². The first-order chi connectivity index (χ1) is 17.9. The van der Waals surface area contributed by atoms with Crippen LogP contribution in [0.25, 0.3) is 11.1 Å². The molecular weight excluding hydrogens is 526 g/mol. The molecule has 3 N–H and O–H groups in total. The smallest absolute Gasteiger partial charge is 0.263 e. The minimum absolute atomic E-state index is 0.0361. The van der Waals surface area contributed by atoms with Crippen LogP contribution in [0.5, 0.6) is 5.75 Å². The van der Waals surface area contributed by atoms with E-state index in [9.17, 15) is 8.42 Å². The van der Waals surface area contributed by atoms with Gasteiger partial charge in [0.15, 0.2) is 0 Å². The third kappa shape index (κ3) is 6.65. The predicted octanol–water partition coefficient (Wildman–Crippen LogP) is 6.44. The molecule has 0 aromatic heterocycles. The first kappa shape index (κ1) is 26.6. The molecule has 6 nitrogen and oxygen atoms in total. The highest BCUT2D eigenvalue weighted by Gasteiger charge is 2.20. The quantitative estimate of drug-likeness (QED) is 0.102. The van der Waals surface area contributed by atoms with Crippen molar-refractivity contribution in [1.29, 1.82) is 0 Å². The normalized spacial score (nSPS) is 11.5. The molecule has 0 fully saturated rings. The Hall–Kier alpha value is -3.46. The van der Waals surface area contributed by atoms with E-state index >= 15 is 0 Å². The van der Waals surface area contributed by atoms with Crippen LogP contribution < -0.4 is 15.3 Å². The minimum Gasteiger partial charge on any atom is -0.497 e. The number of nitrogens with two attached hydrogens (primary N) is 1. The standard InChI is InChI=1S/C28H26ClN3O3S2/c1-35-23-14-15-25(29)28(18-23)37(33,34)32-26-8-4-5-9-27(26)36-17-16-21-6-2-3-7-24(21)22-12-10-20(11-13-22)19-31-30/h2-15,18-19,32H,16-17,30H2,1H3. The summed E-state index contributed by atoms with van der Waals surface area (Å²) in [5.41, 5.74) is 4.90. The Kier molecular flexibility index (Phi) is 8.76. The number of hydrogen-bond acceptors (Lipinski definition) is 6. The van der Waals surface area contributed by atoms with Gasteiger partial charge in [-0.1, -0.05) is 72.3 Å². The summed E-state index contributed by atoms with van der Waals surface area (Å²) in [7, 11) is -2.44. The molecule has 0 unspecified atom stereocenters. The van der Waals surface area contributed by atoms with Gasteiger partial charge in [0.05, 0.1) is 24.0 Å². The van der Waals surface area contributed by atoms with Crippen LogP contribution in [0.4, 0.5) is 5.69 Å². The molecule has 9 heteroatoms. The number of rotatable bonds is 10. The lowest BCUT2D eigenvalue weighted by Crippen LogP contribution is -2.14. The van der Waals surface area contributed by atoms with Crippen molar-refractivity contribution in [3.8, 4) is 16.9 Å². The van der Waals surface area contributed by atoms with Crippen molar-refractivity contribution in [2.45, 2.75) is 16.2 Å². The van der Waals surface area contributed by atoms with Gasteiger partial charge in [-0.25, -0.2) is 8.42 Å². The fourth-order valence-corrected chi connectivity index (χ4v) is 6.47. The van der Waals surface area contributed by atoms with E-state index in [-0.39, 0.29) is 9.92 Å². The largest absolute Gasteiger partial charge is 0.497 e. The number of thioether (sulfide) groups is 1. The van der Waals surface area contributed by atoms with Crippen LogP contribution in [-0.4, -0.2) is 27.5 Å². The fourth-order valence-electron chi connectivity index (χ4n) is 3.82. The van der Waals surface area contributed by atoms with Gasteiger partial charge in [-0.05, 0) is 52.9 Å². The molecule has 4 aromatic carbocycles. The monoisotopic (exact) mass is 551 g/mol. The van der Waals surface area contributed by atoms with E-state index in [2.05, 4.69) is 34.1 Å². The summed E-state index contributed by atoms with van der Waals surface area (Å²) in [6.45, 7) is 0. The Morgan fingerprint density at radius 1 is 1.00 bits per heavy atom. The number of para-hydroxylation sites is 1. The molecule has 0 saturated heterocycles. The maximum Gasteiger partial charge on any atom is 0.263 e. The zero-order chi connectivity index (χ0) is 26.3. The fraction of sp³-hybridized carbons (Fsp3) is 0.107. The number of benzene rings is 4. The van der Waals surface area contributed by atoms with Crippen molar-refractivity contribution >= 4 is 45.3 Å². The second-order valence-electron chi connectivity index (χ2n) is 8.05. The lowest BCUT2D eigenvalue weighted by molar-refractivity contribution is 0.413. The molecule has 0 radical (unpaired) electrons. The van der Waals surface area contributed by atoms with Crippen molar-refractivity contribution in [3.63, 3.8) is 0 Å². The lowest BCUT2D eigenvalue weighted by Gasteiger charge is -2.14. The van der Waals surface area contributed by atoms with Crippen LogP contribution in [0.15, 0.2) is 106 Å². The highest BCUT2D eigenvalue weighted by molar-refractivity contribution is 7.99. The molecular formula is C28H26ClN3O3S2. The maximum atomic E-state index is 13.1. The molecule has 0 atom stereocenters. The van der Waals surface area contributed by atoms with Gasteiger partial charge in [0.2, 0.25) is 0 Å². The molecule has 0 amide bonds. The number of nitrogens with one attached hydrogen (secondary N) is 1. The highest BCUT2D eigenvalue weighted by atomic mass is 35.5.